The minimum atomic E-state index is -0.248. The van der Waals surface area contributed by atoms with Crippen LogP contribution in [0, 0.1) is 0 Å². The first-order valence-electron chi connectivity index (χ1n) is 8.81. The number of halogens is 1. The Balaban J connectivity index is 0.00000312. The predicted molar refractivity (Wildman–Crippen MR) is 118 cm³/mol. The molecule has 0 atom stereocenters. The van der Waals surface area contributed by atoms with Gasteiger partial charge in [-0.1, -0.05) is 0 Å². The van der Waals surface area contributed by atoms with Gasteiger partial charge in [-0.05, 0) is 33.6 Å². The van der Waals surface area contributed by atoms with Crippen molar-refractivity contribution in [2.24, 2.45) is 4.99 Å². The number of rotatable bonds is 8. The van der Waals surface area contributed by atoms with Crippen LogP contribution in [0.4, 0.5) is 5.13 Å². The van der Waals surface area contributed by atoms with Crippen molar-refractivity contribution < 1.29 is 4.74 Å². The zero-order valence-electron chi connectivity index (χ0n) is 15.8. The molecule has 25 heavy (non-hydrogen) atoms. The number of aliphatic imine (C=N–C) groups is 1. The Hall–Kier alpha value is -0.610. The average molecular weight is 481 g/mol. The van der Waals surface area contributed by atoms with Gasteiger partial charge in [-0.3, -0.25) is 4.99 Å². The summed E-state index contributed by atoms with van der Waals surface area (Å²) in [5.74, 6) is 0.831. The van der Waals surface area contributed by atoms with Crippen LogP contribution in [0.5, 0.6) is 0 Å². The maximum absolute atomic E-state index is 5.42. The highest BCUT2D eigenvalue weighted by Gasteiger charge is 2.16. The number of anilines is 1. The topological polar surface area (TPSA) is 61.8 Å². The number of nitrogens with one attached hydrogen (secondary N) is 2. The van der Waals surface area contributed by atoms with Crippen molar-refractivity contribution in [3.05, 3.63) is 11.1 Å². The third-order valence-electron chi connectivity index (χ3n) is 4.10. The molecule has 0 radical (unpaired) electrons. The molecule has 1 aromatic heterocycles. The van der Waals surface area contributed by atoms with Gasteiger partial charge in [0.05, 0.1) is 17.8 Å². The highest BCUT2D eigenvalue weighted by molar-refractivity contribution is 14.0. The predicted octanol–water partition coefficient (Wildman–Crippen LogP) is 2.88. The van der Waals surface area contributed by atoms with Gasteiger partial charge in [0.15, 0.2) is 11.1 Å². The monoisotopic (exact) mass is 481 g/mol. The van der Waals surface area contributed by atoms with E-state index in [1.165, 1.54) is 18.0 Å². The fourth-order valence-corrected chi connectivity index (χ4v) is 3.36. The van der Waals surface area contributed by atoms with Crippen LogP contribution in [0.15, 0.2) is 10.4 Å². The normalized spacial score (nSPS) is 15.2. The van der Waals surface area contributed by atoms with E-state index in [1.807, 2.05) is 13.8 Å². The second-order valence-electron chi connectivity index (χ2n) is 6.65. The first-order valence-corrected chi connectivity index (χ1v) is 9.68. The molecule has 144 valence electrons. The minimum absolute atomic E-state index is 0. The SMILES string of the molecule is CCNC(=NCC(C)(C)OC)NCCc1csc(N2CCCC2)n1.I. The molecule has 1 saturated heterocycles. The largest absolute Gasteiger partial charge is 0.377 e. The van der Waals surface area contributed by atoms with E-state index < -0.39 is 0 Å². The highest BCUT2D eigenvalue weighted by Crippen LogP contribution is 2.24. The van der Waals surface area contributed by atoms with E-state index in [4.69, 9.17) is 9.72 Å². The van der Waals surface area contributed by atoms with Gasteiger partial charge in [-0.25, -0.2) is 4.98 Å². The second kappa shape index (κ2) is 11.2. The number of aromatic nitrogens is 1. The molecule has 1 fully saturated rings. The van der Waals surface area contributed by atoms with Crippen molar-refractivity contribution in [2.45, 2.75) is 45.6 Å². The number of guanidine groups is 1. The molecule has 0 amide bonds. The molecule has 2 heterocycles. The molecule has 2 rings (SSSR count). The van der Waals surface area contributed by atoms with Crippen molar-refractivity contribution in [1.29, 1.82) is 0 Å². The summed E-state index contributed by atoms with van der Waals surface area (Å²) in [6.45, 7) is 10.7. The Morgan fingerprint density at radius 2 is 2.08 bits per heavy atom. The van der Waals surface area contributed by atoms with Gasteiger partial charge >= 0.3 is 0 Å². The number of thiazole rings is 1. The molecule has 1 aliphatic heterocycles. The number of hydrogen-bond acceptors (Lipinski definition) is 5. The summed E-state index contributed by atoms with van der Waals surface area (Å²) in [5, 5.41) is 10.00. The van der Waals surface area contributed by atoms with Crippen LogP contribution in [0.3, 0.4) is 0 Å². The summed E-state index contributed by atoms with van der Waals surface area (Å²) >= 11 is 1.76. The third-order valence-corrected chi connectivity index (χ3v) is 5.05. The molecule has 8 heteroatoms. The van der Waals surface area contributed by atoms with E-state index in [0.29, 0.717) is 6.54 Å². The van der Waals surface area contributed by atoms with Crippen LogP contribution < -0.4 is 15.5 Å². The summed E-state index contributed by atoms with van der Waals surface area (Å²) in [6.07, 6.45) is 3.48. The molecule has 0 unspecified atom stereocenters. The minimum Gasteiger partial charge on any atom is -0.377 e. The van der Waals surface area contributed by atoms with Gasteiger partial charge in [0.25, 0.3) is 0 Å². The van der Waals surface area contributed by atoms with Gasteiger partial charge in [0.2, 0.25) is 0 Å². The van der Waals surface area contributed by atoms with E-state index >= 15 is 0 Å². The fraction of sp³-hybridized carbons (Fsp3) is 0.765. The maximum atomic E-state index is 5.42. The number of ether oxygens (including phenoxy) is 1. The first-order chi connectivity index (χ1) is 11.5. The Morgan fingerprint density at radius 3 is 2.72 bits per heavy atom. The molecule has 2 N–H and O–H groups in total. The van der Waals surface area contributed by atoms with Crippen LogP contribution in [0.25, 0.3) is 0 Å². The summed E-state index contributed by atoms with van der Waals surface area (Å²) in [6, 6.07) is 0. The second-order valence-corrected chi connectivity index (χ2v) is 7.49. The van der Waals surface area contributed by atoms with Gasteiger partial charge < -0.3 is 20.3 Å². The quantitative estimate of drug-likeness (QED) is 0.340. The summed E-state index contributed by atoms with van der Waals surface area (Å²) in [4.78, 5) is 11.7. The fourth-order valence-electron chi connectivity index (χ4n) is 2.45. The molecule has 0 aromatic carbocycles. The molecule has 1 aliphatic rings. The summed E-state index contributed by atoms with van der Waals surface area (Å²) < 4.78 is 5.42. The van der Waals surface area contributed by atoms with E-state index in [1.54, 1.807) is 18.4 Å². The van der Waals surface area contributed by atoms with Gasteiger partial charge in [0, 0.05) is 45.1 Å². The number of hydrogen-bond donors (Lipinski definition) is 2. The molecule has 0 saturated carbocycles. The van der Waals surface area contributed by atoms with Crippen LogP contribution in [-0.4, -0.2) is 56.4 Å². The maximum Gasteiger partial charge on any atom is 0.191 e. The Bertz CT molecular complexity index is 529. The van der Waals surface area contributed by atoms with Crippen molar-refractivity contribution >= 4 is 46.4 Å². The van der Waals surface area contributed by atoms with Gasteiger partial charge in [-0.15, -0.1) is 35.3 Å². The molecular formula is C17H32IN5OS. The zero-order chi connectivity index (χ0) is 17.4. The van der Waals surface area contributed by atoms with Crippen molar-refractivity contribution in [2.75, 3.05) is 44.7 Å². The molecule has 0 aliphatic carbocycles. The van der Waals surface area contributed by atoms with E-state index in [9.17, 15) is 0 Å². The molecule has 6 nitrogen and oxygen atoms in total. The smallest absolute Gasteiger partial charge is 0.191 e. The van der Waals surface area contributed by atoms with E-state index in [0.717, 1.165) is 44.3 Å². The molecular weight excluding hydrogens is 449 g/mol. The lowest BCUT2D eigenvalue weighted by Gasteiger charge is -2.21. The van der Waals surface area contributed by atoms with Crippen molar-refractivity contribution in [3.8, 4) is 0 Å². The molecule has 0 spiro atoms. The van der Waals surface area contributed by atoms with E-state index in [-0.39, 0.29) is 29.6 Å². The average Bonchev–Trinajstić information content (AvgIpc) is 3.24. The number of methoxy groups -OCH3 is 1. The summed E-state index contributed by atoms with van der Waals surface area (Å²) in [5.41, 5.74) is 0.907. The lowest BCUT2D eigenvalue weighted by atomic mass is 10.1. The zero-order valence-corrected chi connectivity index (χ0v) is 18.9. The third kappa shape index (κ3) is 7.65. The van der Waals surface area contributed by atoms with Crippen LogP contribution >= 0.6 is 35.3 Å². The molecule has 0 bridgehead atoms. The van der Waals surface area contributed by atoms with Crippen LogP contribution in [-0.2, 0) is 11.2 Å². The lowest BCUT2D eigenvalue weighted by Crippen LogP contribution is -2.40. The highest BCUT2D eigenvalue weighted by atomic mass is 127. The standard InChI is InChI=1S/C17H31N5OS.HI/c1-5-18-15(20-13-17(2,3)23-4)19-9-8-14-12-24-16(21-14)22-10-6-7-11-22;/h12H,5-11,13H2,1-4H3,(H2,18,19,20);1H. The Morgan fingerprint density at radius 1 is 1.36 bits per heavy atom. The Kier molecular flexibility index (Phi) is 10.0. The van der Waals surface area contributed by atoms with Gasteiger partial charge in [-0.2, -0.15) is 0 Å². The Labute approximate surface area is 172 Å². The van der Waals surface area contributed by atoms with Crippen LogP contribution in [0.2, 0.25) is 0 Å². The van der Waals surface area contributed by atoms with Gasteiger partial charge in [0.1, 0.15) is 0 Å². The van der Waals surface area contributed by atoms with Crippen molar-refractivity contribution in [1.82, 2.24) is 15.6 Å². The first kappa shape index (κ1) is 22.4. The number of nitrogens with zero attached hydrogens (tertiary/aromatic N) is 3. The van der Waals surface area contributed by atoms with Crippen LogP contribution in [0.1, 0.15) is 39.3 Å². The summed E-state index contributed by atoms with van der Waals surface area (Å²) in [7, 11) is 1.72. The lowest BCUT2D eigenvalue weighted by molar-refractivity contribution is 0.0310. The van der Waals surface area contributed by atoms with Crippen molar-refractivity contribution in [3.63, 3.8) is 0 Å². The molecule has 1 aromatic rings. The van der Waals surface area contributed by atoms with E-state index in [2.05, 4.69) is 32.8 Å².